The normalized spacial score (nSPS) is 13.4. The molecule has 0 bridgehead atoms. The molecule has 0 saturated carbocycles. The van der Waals surface area contributed by atoms with Crippen LogP contribution in [0.2, 0.25) is 0 Å². The van der Waals surface area contributed by atoms with Crippen molar-refractivity contribution in [1.82, 2.24) is 5.32 Å². The van der Waals surface area contributed by atoms with Crippen molar-refractivity contribution >= 4 is 18.0 Å². The number of carbonyl (C=O) groups is 3. The predicted molar refractivity (Wildman–Crippen MR) is 149 cm³/mol. The Morgan fingerprint density at radius 1 is 0.923 bits per heavy atom. The van der Waals surface area contributed by atoms with E-state index in [4.69, 9.17) is 9.47 Å². The van der Waals surface area contributed by atoms with Crippen LogP contribution in [0.3, 0.4) is 0 Å². The topological polar surface area (TPSA) is 102 Å². The molecule has 0 aromatic heterocycles. The van der Waals surface area contributed by atoms with Gasteiger partial charge in [-0.3, -0.25) is 0 Å². The first-order chi connectivity index (χ1) is 18.4. The minimum Gasteiger partial charge on any atom is -0.480 e. The summed E-state index contributed by atoms with van der Waals surface area (Å²) < 4.78 is 11.1. The summed E-state index contributed by atoms with van der Waals surface area (Å²) >= 11 is 0. The molecular weight excluding hydrogens is 494 g/mol. The molecule has 39 heavy (non-hydrogen) atoms. The van der Waals surface area contributed by atoms with E-state index < -0.39 is 29.7 Å². The molecule has 0 heterocycles. The SMILES string of the molecule is CC(C)c1cc(C[C@H](NC(=O)OCC2c3ccccc3-c3ccccc32)C(=O)O)cc(C(=O)OC(C)(C)C)c1. The number of esters is 1. The quantitative estimate of drug-likeness (QED) is 0.332. The van der Waals surface area contributed by atoms with E-state index >= 15 is 0 Å². The molecule has 3 aromatic rings. The number of rotatable bonds is 8. The molecule has 1 amide bonds. The molecule has 2 N–H and O–H groups in total. The molecule has 7 heteroatoms. The van der Waals surface area contributed by atoms with E-state index in [-0.39, 0.29) is 24.9 Å². The highest BCUT2D eigenvalue weighted by Gasteiger charge is 2.30. The van der Waals surface area contributed by atoms with Crippen LogP contribution < -0.4 is 5.32 Å². The van der Waals surface area contributed by atoms with E-state index in [0.717, 1.165) is 27.8 Å². The standard InChI is InChI=1S/C32H35NO6/c1-19(2)21-14-20(15-22(17-21)30(36)39-32(3,4)5)16-28(29(34)35)33-31(37)38-18-27-25-12-8-6-10-23(25)24-11-7-9-13-26(24)27/h6-15,17,19,27-28H,16,18H2,1-5H3,(H,33,37)(H,34,35)/t28-/m0/s1. The van der Waals surface area contributed by atoms with Crippen molar-refractivity contribution in [2.75, 3.05) is 6.61 Å². The lowest BCUT2D eigenvalue weighted by molar-refractivity contribution is -0.139. The summed E-state index contributed by atoms with van der Waals surface area (Å²) in [5, 5.41) is 12.4. The largest absolute Gasteiger partial charge is 0.480 e. The summed E-state index contributed by atoms with van der Waals surface area (Å²) in [6.45, 7) is 9.42. The molecular formula is C32H35NO6. The lowest BCUT2D eigenvalue weighted by Crippen LogP contribution is -2.43. The number of carboxylic acid groups (broad SMARTS) is 1. The number of fused-ring (bicyclic) bond motifs is 3. The Morgan fingerprint density at radius 3 is 2.05 bits per heavy atom. The molecule has 0 saturated heterocycles. The number of benzene rings is 3. The smallest absolute Gasteiger partial charge is 0.407 e. The van der Waals surface area contributed by atoms with Gasteiger partial charge in [0.1, 0.15) is 18.2 Å². The number of hydrogen-bond donors (Lipinski definition) is 2. The van der Waals surface area contributed by atoms with Gasteiger partial charge in [0.15, 0.2) is 0 Å². The first-order valence-corrected chi connectivity index (χ1v) is 13.1. The summed E-state index contributed by atoms with van der Waals surface area (Å²) in [4.78, 5) is 37.6. The second kappa shape index (κ2) is 11.3. The van der Waals surface area contributed by atoms with E-state index in [9.17, 15) is 19.5 Å². The maximum absolute atomic E-state index is 12.8. The third-order valence-corrected chi connectivity index (χ3v) is 6.69. The maximum Gasteiger partial charge on any atom is 0.407 e. The van der Waals surface area contributed by atoms with Crippen molar-refractivity contribution in [2.45, 2.75) is 64.5 Å². The molecule has 4 rings (SSSR count). The number of alkyl carbamates (subject to hydrolysis) is 1. The summed E-state index contributed by atoms with van der Waals surface area (Å²) in [5.41, 5.74) is 5.51. The molecule has 0 radical (unpaired) electrons. The molecule has 7 nitrogen and oxygen atoms in total. The molecule has 1 aliphatic rings. The van der Waals surface area contributed by atoms with Gasteiger partial charge in [-0.25, -0.2) is 14.4 Å². The zero-order chi connectivity index (χ0) is 28.3. The second-order valence-electron chi connectivity index (χ2n) is 11.2. The predicted octanol–water partition coefficient (Wildman–Crippen LogP) is 6.30. The molecule has 0 fully saturated rings. The minimum absolute atomic E-state index is 0.0180. The van der Waals surface area contributed by atoms with E-state index in [1.54, 1.807) is 32.9 Å². The first-order valence-electron chi connectivity index (χ1n) is 13.1. The van der Waals surface area contributed by atoms with Crippen molar-refractivity contribution in [3.05, 3.63) is 94.5 Å². The van der Waals surface area contributed by atoms with Gasteiger partial charge in [-0.2, -0.15) is 0 Å². The van der Waals surface area contributed by atoms with Gasteiger partial charge in [0, 0.05) is 12.3 Å². The van der Waals surface area contributed by atoms with Crippen molar-refractivity contribution in [3.63, 3.8) is 0 Å². The third kappa shape index (κ3) is 6.66. The van der Waals surface area contributed by atoms with Crippen molar-refractivity contribution < 1.29 is 29.0 Å². The average molecular weight is 530 g/mol. The first kappa shape index (κ1) is 27.9. The Labute approximate surface area is 229 Å². The fourth-order valence-electron chi connectivity index (χ4n) is 4.84. The summed E-state index contributed by atoms with van der Waals surface area (Å²) in [5.74, 6) is -1.71. The van der Waals surface area contributed by atoms with Crippen LogP contribution >= 0.6 is 0 Å². The number of ether oxygens (including phenoxy) is 2. The molecule has 0 spiro atoms. The molecule has 204 valence electrons. The number of amides is 1. The van der Waals surface area contributed by atoms with Crippen LogP contribution in [-0.4, -0.2) is 41.4 Å². The summed E-state index contributed by atoms with van der Waals surface area (Å²) in [6.07, 6.45) is -0.827. The zero-order valence-electron chi connectivity index (χ0n) is 23.0. The molecule has 3 aromatic carbocycles. The number of carbonyl (C=O) groups excluding carboxylic acids is 2. The Balaban J connectivity index is 1.47. The van der Waals surface area contributed by atoms with Crippen LogP contribution in [0.15, 0.2) is 66.7 Å². The summed E-state index contributed by atoms with van der Waals surface area (Å²) in [7, 11) is 0. The van der Waals surface area contributed by atoms with Crippen LogP contribution in [0.5, 0.6) is 0 Å². The van der Waals surface area contributed by atoms with E-state index in [2.05, 4.69) is 5.32 Å². The lowest BCUT2D eigenvalue weighted by Gasteiger charge is -2.21. The van der Waals surface area contributed by atoms with Crippen molar-refractivity contribution in [3.8, 4) is 11.1 Å². The van der Waals surface area contributed by atoms with Gasteiger partial charge in [-0.15, -0.1) is 0 Å². The Hall–Kier alpha value is -4.13. The van der Waals surface area contributed by atoms with E-state index in [0.29, 0.717) is 11.1 Å². The average Bonchev–Trinajstić information content (AvgIpc) is 3.19. The van der Waals surface area contributed by atoms with Gasteiger partial charge < -0.3 is 19.9 Å². The fraction of sp³-hybridized carbons (Fsp3) is 0.344. The highest BCUT2D eigenvalue weighted by molar-refractivity contribution is 5.90. The van der Waals surface area contributed by atoms with Crippen molar-refractivity contribution in [2.24, 2.45) is 0 Å². The van der Waals surface area contributed by atoms with Crippen LogP contribution in [0, 0.1) is 0 Å². The zero-order valence-corrected chi connectivity index (χ0v) is 23.0. The molecule has 0 unspecified atom stereocenters. The fourth-order valence-corrected chi connectivity index (χ4v) is 4.84. The highest BCUT2D eigenvalue weighted by Crippen LogP contribution is 2.44. The van der Waals surface area contributed by atoms with Gasteiger partial charge in [-0.05, 0) is 72.2 Å². The number of hydrogen-bond acceptors (Lipinski definition) is 5. The van der Waals surface area contributed by atoms with Gasteiger partial charge in [0.05, 0.1) is 5.56 Å². The second-order valence-corrected chi connectivity index (χ2v) is 11.2. The number of aliphatic carboxylic acids is 1. The van der Waals surface area contributed by atoms with E-state index in [1.165, 1.54) is 0 Å². The van der Waals surface area contributed by atoms with Crippen molar-refractivity contribution in [1.29, 1.82) is 0 Å². The number of carboxylic acids is 1. The Morgan fingerprint density at radius 2 is 1.51 bits per heavy atom. The van der Waals surface area contributed by atoms with Crippen LogP contribution in [0.25, 0.3) is 11.1 Å². The molecule has 1 atom stereocenters. The van der Waals surface area contributed by atoms with Crippen LogP contribution in [-0.2, 0) is 20.7 Å². The Bertz CT molecular complexity index is 1340. The van der Waals surface area contributed by atoms with E-state index in [1.807, 2.05) is 68.4 Å². The lowest BCUT2D eigenvalue weighted by atomic mass is 9.94. The highest BCUT2D eigenvalue weighted by atomic mass is 16.6. The minimum atomic E-state index is -1.24. The van der Waals surface area contributed by atoms with Gasteiger partial charge >= 0.3 is 18.0 Å². The van der Waals surface area contributed by atoms with Gasteiger partial charge in [0.2, 0.25) is 0 Å². The van der Waals surface area contributed by atoms with Gasteiger partial charge in [0.25, 0.3) is 0 Å². The molecule has 0 aliphatic heterocycles. The maximum atomic E-state index is 12.8. The monoisotopic (exact) mass is 529 g/mol. The Kier molecular flexibility index (Phi) is 8.09. The third-order valence-electron chi connectivity index (χ3n) is 6.69. The summed E-state index contributed by atoms with van der Waals surface area (Å²) in [6, 6.07) is 20.0. The number of nitrogens with one attached hydrogen (secondary N) is 1. The van der Waals surface area contributed by atoms with Crippen LogP contribution in [0.4, 0.5) is 4.79 Å². The van der Waals surface area contributed by atoms with Crippen LogP contribution in [0.1, 0.15) is 79.1 Å². The van der Waals surface area contributed by atoms with Gasteiger partial charge in [-0.1, -0.05) is 68.4 Å². The molecule has 1 aliphatic carbocycles.